The number of carbonyl (C=O) groups excluding carboxylic acids is 1. The molecule has 2 heterocycles. The van der Waals surface area contributed by atoms with Crippen LogP contribution in [0.25, 0.3) is 0 Å². The summed E-state index contributed by atoms with van der Waals surface area (Å²) in [6, 6.07) is 9.75. The van der Waals surface area contributed by atoms with Gasteiger partial charge in [0, 0.05) is 31.5 Å². The Balaban J connectivity index is 1.34. The zero-order chi connectivity index (χ0) is 17.7. The van der Waals surface area contributed by atoms with Crippen LogP contribution in [0.4, 0.5) is 0 Å². The van der Waals surface area contributed by atoms with E-state index in [0.29, 0.717) is 0 Å². The minimum Gasteiger partial charge on any atom is -0.338 e. The van der Waals surface area contributed by atoms with Crippen molar-refractivity contribution in [2.45, 2.75) is 69.9 Å². The average Bonchev–Trinajstić information content (AvgIpc) is 2.64. The van der Waals surface area contributed by atoms with Crippen LogP contribution in [0.2, 0.25) is 0 Å². The van der Waals surface area contributed by atoms with Crippen molar-refractivity contribution in [3.63, 3.8) is 0 Å². The largest absolute Gasteiger partial charge is 0.338 e. The zero-order valence-electron chi connectivity index (χ0n) is 16.1. The van der Waals surface area contributed by atoms with Gasteiger partial charge in [-0.05, 0) is 61.7 Å². The van der Waals surface area contributed by atoms with Crippen LogP contribution in [0, 0.1) is 11.8 Å². The van der Waals surface area contributed by atoms with Crippen molar-refractivity contribution in [2.75, 3.05) is 19.6 Å². The zero-order valence-corrected chi connectivity index (χ0v) is 16.1. The Morgan fingerprint density at radius 3 is 2.65 bits per heavy atom. The first-order valence-corrected chi connectivity index (χ1v) is 10.7. The number of rotatable bonds is 1. The predicted octanol–water partition coefficient (Wildman–Crippen LogP) is 3.96. The smallest absolute Gasteiger partial charge is 0.219 e. The lowest BCUT2D eigenvalue weighted by molar-refractivity contribution is -0.131. The van der Waals surface area contributed by atoms with E-state index in [2.05, 4.69) is 34.1 Å². The van der Waals surface area contributed by atoms with Crippen molar-refractivity contribution >= 4 is 5.91 Å². The summed E-state index contributed by atoms with van der Waals surface area (Å²) in [5.41, 5.74) is 3.09. The van der Waals surface area contributed by atoms with E-state index in [1.807, 2.05) is 0 Å². The fraction of sp³-hybridized carbons (Fsp3) is 0.696. The highest BCUT2D eigenvalue weighted by Crippen LogP contribution is 2.49. The minimum atomic E-state index is 0.187. The summed E-state index contributed by atoms with van der Waals surface area (Å²) < 4.78 is 0. The van der Waals surface area contributed by atoms with Gasteiger partial charge in [0.25, 0.3) is 0 Å². The van der Waals surface area contributed by atoms with Gasteiger partial charge in [-0.2, -0.15) is 0 Å². The van der Waals surface area contributed by atoms with Gasteiger partial charge in [0.1, 0.15) is 0 Å². The van der Waals surface area contributed by atoms with Crippen LogP contribution >= 0.6 is 0 Å². The van der Waals surface area contributed by atoms with Crippen molar-refractivity contribution < 1.29 is 4.79 Å². The van der Waals surface area contributed by atoms with Gasteiger partial charge in [0.2, 0.25) is 5.91 Å². The van der Waals surface area contributed by atoms with Gasteiger partial charge in [-0.25, -0.2) is 0 Å². The standard InChI is InChI=1S/C23H32N2O/c1-17(26)25-15-19-7-3-5-9-21(19)23(16-25)10-12-24(13-11-23)22-14-18-6-2-4-8-20(18)22/h3,5,7,9,18,20,22H,2,4,6,8,10-16H2,1H3. The molecule has 1 amide bonds. The van der Waals surface area contributed by atoms with Gasteiger partial charge in [-0.1, -0.05) is 43.5 Å². The summed E-state index contributed by atoms with van der Waals surface area (Å²) in [6.07, 6.45) is 9.75. The first-order chi connectivity index (χ1) is 12.7. The van der Waals surface area contributed by atoms with Crippen LogP contribution in [0.5, 0.6) is 0 Å². The molecule has 1 aromatic rings. The summed E-state index contributed by atoms with van der Waals surface area (Å²) in [4.78, 5) is 17.0. The number of hydrogen-bond donors (Lipinski definition) is 0. The molecule has 0 N–H and O–H groups in total. The number of hydrogen-bond acceptors (Lipinski definition) is 2. The first-order valence-electron chi connectivity index (χ1n) is 10.7. The Labute approximate surface area is 157 Å². The number of fused-ring (bicyclic) bond motifs is 3. The van der Waals surface area contributed by atoms with E-state index in [-0.39, 0.29) is 11.3 Å². The molecule has 2 aliphatic heterocycles. The molecule has 1 saturated heterocycles. The Hall–Kier alpha value is -1.35. The van der Waals surface area contributed by atoms with E-state index in [1.54, 1.807) is 6.92 Å². The molecule has 3 heteroatoms. The van der Waals surface area contributed by atoms with Crippen LogP contribution in [0.3, 0.4) is 0 Å². The normalized spacial score (nSPS) is 33.3. The second-order valence-electron chi connectivity index (χ2n) is 9.36. The third kappa shape index (κ3) is 2.62. The van der Waals surface area contributed by atoms with E-state index < -0.39 is 0 Å². The minimum absolute atomic E-state index is 0.187. The summed E-state index contributed by atoms with van der Waals surface area (Å²) >= 11 is 0. The number of carbonyl (C=O) groups is 1. The van der Waals surface area contributed by atoms with Gasteiger partial charge >= 0.3 is 0 Å². The van der Waals surface area contributed by atoms with Crippen LogP contribution < -0.4 is 0 Å². The van der Waals surface area contributed by atoms with E-state index >= 15 is 0 Å². The van der Waals surface area contributed by atoms with E-state index in [4.69, 9.17) is 0 Å². The summed E-state index contributed by atoms with van der Waals surface area (Å²) in [5.74, 6) is 2.25. The second kappa shape index (κ2) is 6.37. The molecule has 1 aromatic carbocycles. The third-order valence-corrected chi connectivity index (χ3v) is 8.12. The molecule has 26 heavy (non-hydrogen) atoms. The van der Waals surface area contributed by atoms with Gasteiger partial charge in [-0.15, -0.1) is 0 Å². The highest BCUT2D eigenvalue weighted by atomic mass is 16.2. The van der Waals surface area contributed by atoms with Crippen molar-refractivity contribution in [3.05, 3.63) is 35.4 Å². The molecule has 2 saturated carbocycles. The number of likely N-dealkylation sites (tertiary alicyclic amines) is 1. The summed E-state index contributed by atoms with van der Waals surface area (Å²) in [5, 5.41) is 0. The second-order valence-corrected chi connectivity index (χ2v) is 9.36. The van der Waals surface area contributed by atoms with Crippen molar-refractivity contribution in [3.8, 4) is 0 Å². The molecule has 0 bridgehead atoms. The maximum Gasteiger partial charge on any atom is 0.219 e. The van der Waals surface area contributed by atoms with Crippen LogP contribution in [-0.2, 0) is 16.8 Å². The third-order valence-electron chi connectivity index (χ3n) is 8.12. The van der Waals surface area contributed by atoms with Gasteiger partial charge in [0.15, 0.2) is 0 Å². The fourth-order valence-electron chi connectivity index (χ4n) is 6.57. The van der Waals surface area contributed by atoms with Crippen molar-refractivity contribution in [1.29, 1.82) is 0 Å². The Morgan fingerprint density at radius 1 is 1.12 bits per heavy atom. The van der Waals surface area contributed by atoms with Crippen molar-refractivity contribution in [1.82, 2.24) is 9.80 Å². The molecular weight excluding hydrogens is 320 g/mol. The fourth-order valence-corrected chi connectivity index (χ4v) is 6.57. The van der Waals surface area contributed by atoms with Gasteiger partial charge < -0.3 is 9.80 Å². The lowest BCUT2D eigenvalue weighted by atomic mass is 9.60. The molecule has 3 atom stereocenters. The molecule has 3 nitrogen and oxygen atoms in total. The quantitative estimate of drug-likeness (QED) is 0.764. The summed E-state index contributed by atoms with van der Waals surface area (Å²) in [7, 11) is 0. The molecular formula is C23H32N2O. The van der Waals surface area contributed by atoms with Crippen molar-refractivity contribution in [2.24, 2.45) is 11.8 Å². The molecule has 1 spiro atoms. The molecule has 3 fully saturated rings. The van der Waals surface area contributed by atoms with E-state index in [1.165, 1.54) is 69.2 Å². The SMILES string of the molecule is CC(=O)N1Cc2ccccc2C2(CCN(C3CC4CCCCC43)CC2)C1. The molecule has 5 rings (SSSR count). The highest BCUT2D eigenvalue weighted by molar-refractivity contribution is 5.74. The maximum atomic E-state index is 12.1. The maximum absolute atomic E-state index is 12.1. The van der Waals surface area contributed by atoms with Gasteiger partial charge in [-0.3, -0.25) is 4.79 Å². The van der Waals surface area contributed by atoms with Crippen LogP contribution in [-0.4, -0.2) is 41.4 Å². The molecule has 0 aromatic heterocycles. The predicted molar refractivity (Wildman–Crippen MR) is 104 cm³/mol. The lowest BCUT2D eigenvalue weighted by Crippen LogP contribution is -2.59. The first kappa shape index (κ1) is 16.8. The highest BCUT2D eigenvalue weighted by Gasteiger charge is 2.48. The number of piperidine rings is 1. The Kier molecular flexibility index (Phi) is 4.11. The van der Waals surface area contributed by atoms with E-state index in [9.17, 15) is 4.79 Å². The Bertz CT molecular complexity index is 691. The Morgan fingerprint density at radius 2 is 1.88 bits per heavy atom. The topological polar surface area (TPSA) is 23.6 Å². The molecule has 4 aliphatic rings. The monoisotopic (exact) mass is 352 g/mol. The average molecular weight is 353 g/mol. The molecule has 140 valence electrons. The molecule has 3 unspecified atom stereocenters. The van der Waals surface area contributed by atoms with E-state index in [0.717, 1.165) is 31.0 Å². The van der Waals surface area contributed by atoms with Crippen LogP contribution in [0.15, 0.2) is 24.3 Å². The lowest BCUT2D eigenvalue weighted by Gasteiger charge is -2.56. The summed E-state index contributed by atoms with van der Waals surface area (Å²) in [6.45, 7) is 5.88. The number of nitrogens with zero attached hydrogens (tertiary/aromatic N) is 2. The molecule has 0 radical (unpaired) electrons. The van der Waals surface area contributed by atoms with Gasteiger partial charge in [0.05, 0.1) is 0 Å². The number of benzene rings is 1. The molecule has 2 aliphatic carbocycles. The number of amides is 1. The van der Waals surface area contributed by atoms with Crippen LogP contribution in [0.1, 0.15) is 63.0 Å².